The Kier molecular flexibility index (Phi) is 3.61. The summed E-state index contributed by atoms with van der Waals surface area (Å²) in [5.41, 5.74) is 2.87. The topological polar surface area (TPSA) is 49.0 Å². The maximum Gasteiger partial charge on any atom is 0.274 e. The Morgan fingerprint density at radius 2 is 2.45 bits per heavy atom. The number of rotatable bonds is 3. The highest BCUT2D eigenvalue weighted by Crippen LogP contribution is 2.33. The van der Waals surface area contributed by atoms with Crippen LogP contribution in [0, 0.1) is 0 Å². The molecule has 0 fully saturated rings. The minimum Gasteiger partial charge on any atom is -0.330 e. The Bertz CT molecular complexity index is 616. The highest BCUT2D eigenvalue weighted by Gasteiger charge is 2.29. The molecule has 106 valence electrons. The molecule has 0 radical (unpaired) electrons. The zero-order chi connectivity index (χ0) is 14.1. The highest BCUT2D eigenvalue weighted by molar-refractivity contribution is 7.10. The number of carbonyl (C=O) groups excluding carboxylic acids is 1. The van der Waals surface area contributed by atoms with Gasteiger partial charge in [0.2, 0.25) is 0 Å². The van der Waals surface area contributed by atoms with Gasteiger partial charge in [0.25, 0.3) is 5.91 Å². The van der Waals surface area contributed by atoms with Crippen molar-refractivity contribution >= 4 is 17.2 Å². The van der Waals surface area contributed by atoms with Crippen molar-refractivity contribution in [2.24, 2.45) is 0 Å². The van der Waals surface area contributed by atoms with Gasteiger partial charge in [-0.05, 0) is 42.8 Å². The second-order valence-corrected chi connectivity index (χ2v) is 6.25. The third-order valence-electron chi connectivity index (χ3n) is 3.91. The largest absolute Gasteiger partial charge is 0.330 e. The number of hydrogen-bond donors (Lipinski definition) is 1. The van der Waals surface area contributed by atoms with Crippen LogP contribution in [0.15, 0.2) is 17.5 Å². The van der Waals surface area contributed by atoms with Gasteiger partial charge in [-0.25, -0.2) is 0 Å². The van der Waals surface area contributed by atoms with Gasteiger partial charge in [-0.3, -0.25) is 9.89 Å². The SMILES string of the molecule is CCCc1cc(C(=O)N2CCc3sccc3[C@@H]2C)n[nH]1. The molecule has 1 aliphatic rings. The van der Waals surface area contributed by atoms with Crippen molar-refractivity contribution in [3.63, 3.8) is 0 Å². The zero-order valence-corrected chi connectivity index (χ0v) is 12.7. The van der Waals surface area contributed by atoms with E-state index in [1.807, 2.05) is 11.0 Å². The predicted octanol–water partition coefficient (Wildman–Crippen LogP) is 3.18. The standard InChI is InChI=1S/C15H19N3OS/c1-3-4-11-9-13(17-16-11)15(19)18-7-5-14-12(10(18)2)6-8-20-14/h6,8-10H,3-5,7H2,1-2H3,(H,16,17)/t10-/m0/s1. The number of carbonyl (C=O) groups is 1. The second-order valence-electron chi connectivity index (χ2n) is 5.25. The molecule has 1 amide bonds. The molecule has 0 aliphatic carbocycles. The number of H-pyrrole nitrogens is 1. The minimum atomic E-state index is 0.0351. The monoisotopic (exact) mass is 289 g/mol. The molecular formula is C15H19N3OS. The average Bonchev–Trinajstić information content (AvgIpc) is 3.08. The summed E-state index contributed by atoms with van der Waals surface area (Å²) in [6.45, 7) is 5.00. The second kappa shape index (κ2) is 5.40. The van der Waals surface area contributed by atoms with Crippen molar-refractivity contribution in [1.82, 2.24) is 15.1 Å². The maximum absolute atomic E-state index is 12.6. The Balaban J connectivity index is 1.80. The Labute approximate surface area is 122 Å². The third-order valence-corrected chi connectivity index (χ3v) is 4.90. The smallest absolute Gasteiger partial charge is 0.274 e. The summed E-state index contributed by atoms with van der Waals surface area (Å²) in [4.78, 5) is 16.0. The minimum absolute atomic E-state index is 0.0351. The van der Waals surface area contributed by atoms with Gasteiger partial charge in [0, 0.05) is 17.1 Å². The number of nitrogens with zero attached hydrogens (tertiary/aromatic N) is 2. The van der Waals surface area contributed by atoms with Crippen LogP contribution < -0.4 is 0 Å². The molecular weight excluding hydrogens is 270 g/mol. The molecule has 1 N–H and O–H groups in total. The van der Waals surface area contributed by atoms with Gasteiger partial charge < -0.3 is 4.90 Å². The summed E-state index contributed by atoms with van der Waals surface area (Å²) >= 11 is 1.79. The van der Waals surface area contributed by atoms with E-state index in [-0.39, 0.29) is 11.9 Å². The molecule has 0 aromatic carbocycles. The molecule has 3 rings (SSSR count). The number of amides is 1. The number of aromatic amines is 1. The molecule has 1 aliphatic heterocycles. The quantitative estimate of drug-likeness (QED) is 0.943. The maximum atomic E-state index is 12.6. The van der Waals surface area contributed by atoms with Gasteiger partial charge in [-0.2, -0.15) is 5.10 Å². The fourth-order valence-electron chi connectivity index (χ4n) is 2.80. The fraction of sp³-hybridized carbons (Fsp3) is 0.467. The van der Waals surface area contributed by atoms with Crippen molar-refractivity contribution in [1.29, 1.82) is 0 Å². The van der Waals surface area contributed by atoms with E-state index < -0.39 is 0 Å². The Hall–Kier alpha value is -1.62. The van der Waals surface area contributed by atoms with E-state index >= 15 is 0 Å². The predicted molar refractivity (Wildman–Crippen MR) is 80.1 cm³/mol. The van der Waals surface area contributed by atoms with Crippen molar-refractivity contribution in [2.75, 3.05) is 6.54 Å². The van der Waals surface area contributed by atoms with Gasteiger partial charge >= 0.3 is 0 Å². The van der Waals surface area contributed by atoms with E-state index in [0.29, 0.717) is 5.69 Å². The molecule has 0 saturated heterocycles. The Morgan fingerprint density at radius 1 is 1.60 bits per heavy atom. The fourth-order valence-corrected chi connectivity index (χ4v) is 3.77. The summed E-state index contributed by atoms with van der Waals surface area (Å²) in [6.07, 6.45) is 2.94. The summed E-state index contributed by atoms with van der Waals surface area (Å²) in [5.74, 6) is 0.0351. The lowest BCUT2D eigenvalue weighted by Crippen LogP contribution is -2.38. The third kappa shape index (κ3) is 2.26. The molecule has 3 heterocycles. The van der Waals surface area contributed by atoms with E-state index in [1.165, 1.54) is 10.4 Å². The van der Waals surface area contributed by atoms with E-state index in [1.54, 1.807) is 11.3 Å². The first-order valence-corrected chi connectivity index (χ1v) is 8.00. The zero-order valence-electron chi connectivity index (χ0n) is 11.8. The number of aryl methyl sites for hydroxylation is 1. The van der Waals surface area contributed by atoms with Crippen LogP contribution in [0.2, 0.25) is 0 Å². The van der Waals surface area contributed by atoms with Crippen LogP contribution in [0.4, 0.5) is 0 Å². The summed E-state index contributed by atoms with van der Waals surface area (Å²) < 4.78 is 0. The number of nitrogens with one attached hydrogen (secondary N) is 1. The van der Waals surface area contributed by atoms with Gasteiger partial charge in [-0.15, -0.1) is 11.3 Å². The number of thiophene rings is 1. The van der Waals surface area contributed by atoms with Gasteiger partial charge in [0.05, 0.1) is 6.04 Å². The van der Waals surface area contributed by atoms with E-state index in [2.05, 4.69) is 35.5 Å². The first-order valence-electron chi connectivity index (χ1n) is 7.12. The molecule has 0 bridgehead atoms. The molecule has 2 aromatic rings. The van der Waals surface area contributed by atoms with Crippen LogP contribution in [-0.2, 0) is 12.8 Å². The van der Waals surface area contributed by atoms with Gasteiger partial charge in [0.1, 0.15) is 5.69 Å². The normalized spacial score (nSPS) is 18.1. The van der Waals surface area contributed by atoms with Gasteiger partial charge in [-0.1, -0.05) is 13.3 Å². The summed E-state index contributed by atoms with van der Waals surface area (Å²) in [5, 5.41) is 9.25. The van der Waals surface area contributed by atoms with E-state index in [4.69, 9.17) is 0 Å². The molecule has 1 atom stereocenters. The van der Waals surface area contributed by atoms with E-state index in [0.717, 1.165) is 31.5 Å². The first-order chi connectivity index (χ1) is 9.70. The summed E-state index contributed by atoms with van der Waals surface area (Å²) in [7, 11) is 0. The van der Waals surface area contributed by atoms with Crippen LogP contribution in [0.1, 0.15) is 52.9 Å². The molecule has 4 nitrogen and oxygen atoms in total. The highest BCUT2D eigenvalue weighted by atomic mass is 32.1. The molecule has 5 heteroatoms. The Morgan fingerprint density at radius 3 is 3.25 bits per heavy atom. The van der Waals surface area contributed by atoms with E-state index in [9.17, 15) is 4.79 Å². The lowest BCUT2D eigenvalue weighted by molar-refractivity contribution is 0.0673. The van der Waals surface area contributed by atoms with Crippen molar-refractivity contribution in [2.45, 2.75) is 39.2 Å². The molecule has 20 heavy (non-hydrogen) atoms. The molecule has 2 aromatic heterocycles. The van der Waals surface area contributed by atoms with Crippen molar-refractivity contribution in [3.05, 3.63) is 39.3 Å². The van der Waals surface area contributed by atoms with Crippen LogP contribution >= 0.6 is 11.3 Å². The number of aromatic nitrogens is 2. The van der Waals surface area contributed by atoms with Gasteiger partial charge in [0.15, 0.2) is 0 Å². The summed E-state index contributed by atoms with van der Waals surface area (Å²) in [6, 6.07) is 4.17. The van der Waals surface area contributed by atoms with Crippen LogP contribution in [0.3, 0.4) is 0 Å². The number of fused-ring (bicyclic) bond motifs is 1. The lowest BCUT2D eigenvalue weighted by atomic mass is 10.0. The average molecular weight is 289 g/mol. The van der Waals surface area contributed by atoms with Crippen LogP contribution in [0.5, 0.6) is 0 Å². The first kappa shape index (κ1) is 13.4. The van der Waals surface area contributed by atoms with Crippen LogP contribution in [-0.4, -0.2) is 27.5 Å². The van der Waals surface area contributed by atoms with Crippen molar-refractivity contribution < 1.29 is 4.79 Å². The molecule has 0 saturated carbocycles. The number of hydrogen-bond acceptors (Lipinski definition) is 3. The van der Waals surface area contributed by atoms with Crippen LogP contribution in [0.25, 0.3) is 0 Å². The van der Waals surface area contributed by atoms with Crippen molar-refractivity contribution in [3.8, 4) is 0 Å². The lowest BCUT2D eigenvalue weighted by Gasteiger charge is -2.33. The molecule has 0 unspecified atom stereocenters. The molecule has 0 spiro atoms.